The molecule has 0 aliphatic rings. The number of rotatable bonds is 3. The van der Waals surface area contributed by atoms with Gasteiger partial charge >= 0.3 is 5.97 Å². The van der Waals surface area contributed by atoms with E-state index in [1.54, 1.807) is 18.2 Å². The summed E-state index contributed by atoms with van der Waals surface area (Å²) in [6, 6.07) is 12.5. The number of halogens is 1. The van der Waals surface area contributed by atoms with Gasteiger partial charge in [0.25, 0.3) is 5.91 Å². The standard InChI is InChI=1S/C15H9BrN2O3/c16-12-4-5-13(11(7-12)8-17)18-14(19)9-2-1-3-10(6-9)15(20)21/h1-7H,(H,18,19)(H,20,21). The van der Waals surface area contributed by atoms with E-state index in [4.69, 9.17) is 10.4 Å². The Morgan fingerprint density at radius 3 is 2.52 bits per heavy atom. The van der Waals surface area contributed by atoms with Crippen molar-refractivity contribution in [3.05, 3.63) is 63.6 Å². The van der Waals surface area contributed by atoms with Gasteiger partial charge in [0.1, 0.15) is 6.07 Å². The Balaban J connectivity index is 2.28. The van der Waals surface area contributed by atoms with Crippen LogP contribution in [0.3, 0.4) is 0 Å². The zero-order chi connectivity index (χ0) is 15.4. The first-order chi connectivity index (χ1) is 10.0. The molecule has 0 radical (unpaired) electrons. The number of amides is 1. The number of carboxylic acids is 1. The molecule has 0 unspecified atom stereocenters. The van der Waals surface area contributed by atoms with E-state index in [2.05, 4.69) is 21.2 Å². The number of nitrogens with one attached hydrogen (secondary N) is 1. The maximum Gasteiger partial charge on any atom is 0.335 e. The Labute approximate surface area is 129 Å². The van der Waals surface area contributed by atoms with E-state index in [9.17, 15) is 9.59 Å². The molecule has 0 aliphatic carbocycles. The van der Waals surface area contributed by atoms with Crippen molar-refractivity contribution in [1.82, 2.24) is 0 Å². The van der Waals surface area contributed by atoms with Gasteiger partial charge in [0, 0.05) is 10.0 Å². The maximum absolute atomic E-state index is 12.1. The molecule has 0 bridgehead atoms. The summed E-state index contributed by atoms with van der Waals surface area (Å²) in [6.07, 6.45) is 0. The van der Waals surface area contributed by atoms with Crippen LogP contribution in [-0.4, -0.2) is 17.0 Å². The lowest BCUT2D eigenvalue weighted by Gasteiger charge is -2.08. The van der Waals surface area contributed by atoms with Gasteiger partial charge < -0.3 is 10.4 Å². The number of nitriles is 1. The van der Waals surface area contributed by atoms with Crippen LogP contribution in [0, 0.1) is 11.3 Å². The smallest absolute Gasteiger partial charge is 0.335 e. The lowest BCUT2D eigenvalue weighted by Crippen LogP contribution is -2.13. The number of hydrogen-bond donors (Lipinski definition) is 2. The molecular weight excluding hydrogens is 336 g/mol. The summed E-state index contributed by atoms with van der Waals surface area (Å²) in [7, 11) is 0. The van der Waals surface area contributed by atoms with Crippen LogP contribution in [0.2, 0.25) is 0 Å². The largest absolute Gasteiger partial charge is 0.478 e. The summed E-state index contributed by atoms with van der Waals surface area (Å²) in [5.41, 5.74) is 0.916. The summed E-state index contributed by atoms with van der Waals surface area (Å²) < 4.78 is 0.727. The molecule has 21 heavy (non-hydrogen) atoms. The van der Waals surface area contributed by atoms with Crippen molar-refractivity contribution in [2.24, 2.45) is 0 Å². The first-order valence-electron chi connectivity index (χ1n) is 5.85. The minimum absolute atomic E-state index is 0.0268. The second kappa shape index (κ2) is 6.20. The lowest BCUT2D eigenvalue weighted by atomic mass is 10.1. The molecule has 2 N–H and O–H groups in total. The monoisotopic (exact) mass is 344 g/mol. The Kier molecular flexibility index (Phi) is 4.36. The number of benzene rings is 2. The molecule has 6 heteroatoms. The minimum Gasteiger partial charge on any atom is -0.478 e. The number of nitrogens with zero attached hydrogens (tertiary/aromatic N) is 1. The molecule has 0 spiro atoms. The highest BCUT2D eigenvalue weighted by Crippen LogP contribution is 2.21. The number of carbonyl (C=O) groups excluding carboxylic acids is 1. The van der Waals surface area contributed by atoms with E-state index in [-0.39, 0.29) is 11.1 Å². The van der Waals surface area contributed by atoms with Crippen molar-refractivity contribution in [2.45, 2.75) is 0 Å². The molecule has 0 heterocycles. The zero-order valence-corrected chi connectivity index (χ0v) is 12.2. The Hall–Kier alpha value is -2.65. The number of hydrogen-bond acceptors (Lipinski definition) is 3. The molecule has 0 aliphatic heterocycles. The molecule has 0 saturated carbocycles. The maximum atomic E-state index is 12.1. The van der Waals surface area contributed by atoms with Crippen LogP contribution < -0.4 is 5.32 Å². The van der Waals surface area contributed by atoms with Crippen LogP contribution in [0.15, 0.2) is 46.9 Å². The van der Waals surface area contributed by atoms with Crippen molar-refractivity contribution in [1.29, 1.82) is 5.26 Å². The first kappa shape index (κ1) is 14.8. The number of anilines is 1. The van der Waals surface area contributed by atoms with Crippen molar-refractivity contribution in [3.8, 4) is 6.07 Å². The van der Waals surface area contributed by atoms with Crippen LogP contribution in [0.1, 0.15) is 26.3 Å². The Morgan fingerprint density at radius 2 is 1.86 bits per heavy atom. The summed E-state index contributed by atoms with van der Waals surface area (Å²) in [6.45, 7) is 0. The van der Waals surface area contributed by atoms with E-state index < -0.39 is 11.9 Å². The molecule has 2 aromatic carbocycles. The molecule has 0 fully saturated rings. The highest BCUT2D eigenvalue weighted by Gasteiger charge is 2.11. The molecule has 104 valence electrons. The molecule has 5 nitrogen and oxygen atoms in total. The van der Waals surface area contributed by atoms with Gasteiger partial charge in [0.2, 0.25) is 0 Å². The average Bonchev–Trinajstić information content (AvgIpc) is 2.49. The fourth-order valence-corrected chi connectivity index (χ4v) is 2.07. The van der Waals surface area contributed by atoms with Gasteiger partial charge in [-0.25, -0.2) is 4.79 Å². The van der Waals surface area contributed by atoms with Crippen LogP contribution in [0.25, 0.3) is 0 Å². The topological polar surface area (TPSA) is 90.2 Å². The Morgan fingerprint density at radius 1 is 1.14 bits per heavy atom. The highest BCUT2D eigenvalue weighted by molar-refractivity contribution is 9.10. The SMILES string of the molecule is N#Cc1cc(Br)ccc1NC(=O)c1cccc(C(=O)O)c1. The van der Waals surface area contributed by atoms with Gasteiger partial charge in [0.05, 0.1) is 16.8 Å². The fraction of sp³-hybridized carbons (Fsp3) is 0. The molecule has 1 amide bonds. The molecule has 2 rings (SSSR count). The highest BCUT2D eigenvalue weighted by atomic mass is 79.9. The summed E-state index contributed by atoms with van der Waals surface area (Å²) in [4.78, 5) is 23.0. The van der Waals surface area contributed by atoms with Crippen molar-refractivity contribution in [2.75, 3.05) is 5.32 Å². The van der Waals surface area contributed by atoms with Gasteiger partial charge in [-0.3, -0.25) is 4.79 Å². The lowest BCUT2D eigenvalue weighted by molar-refractivity contribution is 0.0697. The normalized spacial score (nSPS) is 9.71. The third-order valence-electron chi connectivity index (χ3n) is 2.72. The van der Waals surface area contributed by atoms with E-state index in [1.807, 2.05) is 6.07 Å². The van der Waals surface area contributed by atoms with E-state index in [1.165, 1.54) is 24.3 Å². The van der Waals surface area contributed by atoms with Gasteiger partial charge in [-0.2, -0.15) is 5.26 Å². The zero-order valence-electron chi connectivity index (χ0n) is 10.6. The van der Waals surface area contributed by atoms with Crippen LogP contribution in [0.5, 0.6) is 0 Å². The summed E-state index contributed by atoms with van der Waals surface area (Å²) >= 11 is 3.24. The van der Waals surface area contributed by atoms with Crippen LogP contribution in [-0.2, 0) is 0 Å². The summed E-state index contributed by atoms with van der Waals surface area (Å²) in [5.74, 6) is -1.58. The summed E-state index contributed by atoms with van der Waals surface area (Å²) in [5, 5.41) is 20.6. The van der Waals surface area contributed by atoms with Crippen molar-refractivity contribution < 1.29 is 14.7 Å². The van der Waals surface area contributed by atoms with E-state index >= 15 is 0 Å². The fourth-order valence-electron chi connectivity index (χ4n) is 1.71. The molecule has 0 saturated heterocycles. The van der Waals surface area contributed by atoms with Gasteiger partial charge in [-0.15, -0.1) is 0 Å². The second-order valence-corrected chi connectivity index (χ2v) is 5.06. The number of aromatic carboxylic acids is 1. The van der Waals surface area contributed by atoms with Crippen LogP contribution >= 0.6 is 15.9 Å². The second-order valence-electron chi connectivity index (χ2n) is 4.14. The quantitative estimate of drug-likeness (QED) is 0.893. The first-order valence-corrected chi connectivity index (χ1v) is 6.65. The Bertz CT molecular complexity index is 766. The van der Waals surface area contributed by atoms with Gasteiger partial charge in [-0.1, -0.05) is 22.0 Å². The average molecular weight is 345 g/mol. The predicted octanol–water partition coefficient (Wildman–Crippen LogP) is 3.27. The van der Waals surface area contributed by atoms with Gasteiger partial charge in [0.15, 0.2) is 0 Å². The van der Waals surface area contributed by atoms with E-state index in [0.29, 0.717) is 11.3 Å². The molecular formula is C15H9BrN2O3. The van der Waals surface area contributed by atoms with Crippen molar-refractivity contribution in [3.63, 3.8) is 0 Å². The molecule has 0 atom stereocenters. The number of carboxylic acid groups (broad SMARTS) is 1. The van der Waals surface area contributed by atoms with Gasteiger partial charge in [-0.05, 0) is 36.4 Å². The van der Waals surface area contributed by atoms with Crippen molar-refractivity contribution >= 4 is 33.5 Å². The predicted molar refractivity (Wildman–Crippen MR) is 80.2 cm³/mol. The third-order valence-corrected chi connectivity index (χ3v) is 3.22. The third kappa shape index (κ3) is 3.46. The number of carbonyl (C=O) groups is 2. The molecule has 0 aromatic heterocycles. The van der Waals surface area contributed by atoms with Crippen LogP contribution in [0.4, 0.5) is 5.69 Å². The molecule has 2 aromatic rings. The van der Waals surface area contributed by atoms with E-state index in [0.717, 1.165) is 4.47 Å². The minimum atomic E-state index is -1.11.